The summed E-state index contributed by atoms with van der Waals surface area (Å²) in [6.45, 7) is 9.39. The van der Waals surface area contributed by atoms with Crippen molar-refractivity contribution in [2.45, 2.75) is 46.0 Å². The fourth-order valence-corrected chi connectivity index (χ4v) is 2.12. The fraction of sp³-hybridized carbons (Fsp3) is 0.714. The van der Waals surface area contributed by atoms with Crippen molar-refractivity contribution in [3.05, 3.63) is 16.5 Å². The molecule has 4 heteroatoms. The second-order valence-corrected chi connectivity index (χ2v) is 6.72. The van der Waals surface area contributed by atoms with Gasteiger partial charge in [0.1, 0.15) is 16.8 Å². The van der Waals surface area contributed by atoms with Gasteiger partial charge in [-0.2, -0.15) is 0 Å². The van der Waals surface area contributed by atoms with Gasteiger partial charge in [-0.25, -0.2) is 9.97 Å². The van der Waals surface area contributed by atoms with Crippen LogP contribution in [0.2, 0.25) is 5.15 Å². The molecule has 0 bridgehead atoms. The van der Waals surface area contributed by atoms with Crippen molar-refractivity contribution < 1.29 is 0 Å². The zero-order valence-corrected chi connectivity index (χ0v) is 12.7. The minimum Gasteiger partial charge on any atom is -0.359 e. The van der Waals surface area contributed by atoms with Crippen LogP contribution in [-0.2, 0) is 5.41 Å². The van der Waals surface area contributed by atoms with Crippen molar-refractivity contribution in [2.24, 2.45) is 5.92 Å². The van der Waals surface area contributed by atoms with E-state index in [2.05, 4.69) is 37.7 Å². The molecular formula is C14H22ClN3. The minimum absolute atomic E-state index is 0.0769. The van der Waals surface area contributed by atoms with Gasteiger partial charge in [-0.3, -0.25) is 0 Å². The average Bonchev–Trinajstić information content (AvgIpc) is 3.03. The summed E-state index contributed by atoms with van der Waals surface area (Å²) >= 11 is 6.24. The number of hydrogen-bond donors (Lipinski definition) is 0. The molecule has 100 valence electrons. The summed E-state index contributed by atoms with van der Waals surface area (Å²) in [7, 11) is 2.09. The van der Waals surface area contributed by atoms with Gasteiger partial charge in [0.25, 0.3) is 0 Å². The smallest absolute Gasteiger partial charge is 0.137 e. The Kier molecular flexibility index (Phi) is 3.54. The fourth-order valence-electron chi connectivity index (χ4n) is 1.96. The van der Waals surface area contributed by atoms with Crippen LogP contribution >= 0.6 is 11.6 Å². The van der Waals surface area contributed by atoms with Gasteiger partial charge in [0.2, 0.25) is 0 Å². The summed E-state index contributed by atoms with van der Waals surface area (Å²) in [6, 6.07) is 0. The van der Waals surface area contributed by atoms with Crippen LogP contribution in [0.5, 0.6) is 0 Å². The molecule has 0 aromatic carbocycles. The molecule has 1 fully saturated rings. The quantitative estimate of drug-likeness (QED) is 0.784. The van der Waals surface area contributed by atoms with Gasteiger partial charge < -0.3 is 4.90 Å². The second-order valence-electron chi connectivity index (χ2n) is 6.36. The number of hydrogen-bond acceptors (Lipinski definition) is 3. The summed E-state index contributed by atoms with van der Waals surface area (Å²) in [5.41, 5.74) is 0.903. The van der Waals surface area contributed by atoms with Gasteiger partial charge in [-0.05, 0) is 25.7 Å². The Balaban J connectivity index is 2.35. The largest absolute Gasteiger partial charge is 0.359 e. The first-order valence-electron chi connectivity index (χ1n) is 6.55. The predicted octanol–water partition coefficient (Wildman–Crippen LogP) is 3.58. The number of aromatic nitrogens is 2. The maximum atomic E-state index is 6.24. The number of rotatable bonds is 3. The highest BCUT2D eigenvalue weighted by molar-refractivity contribution is 6.30. The summed E-state index contributed by atoms with van der Waals surface area (Å²) in [6.07, 6.45) is 2.68. The summed E-state index contributed by atoms with van der Waals surface area (Å²) < 4.78 is 0. The van der Waals surface area contributed by atoms with Crippen molar-refractivity contribution in [3.8, 4) is 0 Å². The van der Waals surface area contributed by atoms with E-state index in [1.165, 1.54) is 12.8 Å². The number of nitrogens with zero attached hydrogens (tertiary/aromatic N) is 3. The lowest BCUT2D eigenvalue weighted by Crippen LogP contribution is -2.25. The van der Waals surface area contributed by atoms with Crippen molar-refractivity contribution in [1.29, 1.82) is 0 Å². The van der Waals surface area contributed by atoms with E-state index in [9.17, 15) is 0 Å². The highest BCUT2D eigenvalue weighted by Gasteiger charge is 2.26. The molecule has 3 nitrogen and oxygen atoms in total. The minimum atomic E-state index is -0.0769. The van der Waals surface area contributed by atoms with Crippen LogP contribution in [0, 0.1) is 12.8 Å². The third-order valence-electron chi connectivity index (χ3n) is 3.32. The third kappa shape index (κ3) is 2.94. The molecule has 1 aromatic heterocycles. The predicted molar refractivity (Wildman–Crippen MR) is 76.5 cm³/mol. The molecule has 18 heavy (non-hydrogen) atoms. The van der Waals surface area contributed by atoms with Crippen LogP contribution in [0.3, 0.4) is 0 Å². The molecular weight excluding hydrogens is 246 g/mol. The first-order valence-corrected chi connectivity index (χ1v) is 6.92. The lowest BCUT2D eigenvalue weighted by molar-refractivity contribution is 0.543. The zero-order valence-electron chi connectivity index (χ0n) is 11.9. The Labute approximate surface area is 115 Å². The van der Waals surface area contributed by atoms with Gasteiger partial charge in [-0.15, -0.1) is 0 Å². The van der Waals surface area contributed by atoms with Gasteiger partial charge in [0, 0.05) is 24.6 Å². The van der Waals surface area contributed by atoms with Crippen LogP contribution in [0.4, 0.5) is 5.82 Å². The molecule has 0 aliphatic heterocycles. The van der Waals surface area contributed by atoms with E-state index in [0.717, 1.165) is 29.7 Å². The highest BCUT2D eigenvalue weighted by atomic mass is 35.5. The zero-order chi connectivity index (χ0) is 13.5. The molecule has 0 spiro atoms. The number of halogens is 1. The molecule has 0 radical (unpaired) electrons. The van der Waals surface area contributed by atoms with Gasteiger partial charge in [0.05, 0.1) is 0 Å². The lowest BCUT2D eigenvalue weighted by Gasteiger charge is -2.24. The molecule has 1 saturated carbocycles. The molecule has 1 heterocycles. The molecule has 0 atom stereocenters. The second kappa shape index (κ2) is 4.69. The van der Waals surface area contributed by atoms with E-state index in [-0.39, 0.29) is 5.41 Å². The van der Waals surface area contributed by atoms with E-state index in [1.54, 1.807) is 0 Å². The van der Waals surface area contributed by atoms with Crippen LogP contribution in [0.15, 0.2) is 0 Å². The van der Waals surface area contributed by atoms with Crippen molar-refractivity contribution >= 4 is 17.4 Å². The van der Waals surface area contributed by atoms with Gasteiger partial charge in [-0.1, -0.05) is 32.4 Å². The highest BCUT2D eigenvalue weighted by Crippen LogP contribution is 2.33. The van der Waals surface area contributed by atoms with E-state index < -0.39 is 0 Å². The van der Waals surface area contributed by atoms with Crippen LogP contribution in [0.25, 0.3) is 0 Å². The van der Waals surface area contributed by atoms with Crippen molar-refractivity contribution in [2.75, 3.05) is 18.5 Å². The van der Waals surface area contributed by atoms with E-state index in [0.29, 0.717) is 5.15 Å². The summed E-state index contributed by atoms with van der Waals surface area (Å²) in [5.74, 6) is 2.63. The van der Waals surface area contributed by atoms with Gasteiger partial charge in [0.15, 0.2) is 0 Å². The molecule has 0 saturated heterocycles. The van der Waals surface area contributed by atoms with Crippen LogP contribution < -0.4 is 4.90 Å². The Morgan fingerprint density at radius 3 is 2.39 bits per heavy atom. The van der Waals surface area contributed by atoms with Crippen molar-refractivity contribution in [1.82, 2.24) is 9.97 Å². The molecule has 0 amide bonds. The van der Waals surface area contributed by atoms with E-state index >= 15 is 0 Å². The third-order valence-corrected chi connectivity index (χ3v) is 3.69. The van der Waals surface area contributed by atoms with Gasteiger partial charge >= 0.3 is 0 Å². The Morgan fingerprint density at radius 1 is 1.28 bits per heavy atom. The first kappa shape index (κ1) is 13.6. The molecule has 0 unspecified atom stereocenters. The maximum Gasteiger partial charge on any atom is 0.137 e. The molecule has 1 aromatic rings. The first-order chi connectivity index (χ1) is 8.29. The van der Waals surface area contributed by atoms with Crippen LogP contribution in [0.1, 0.15) is 45.0 Å². The number of anilines is 1. The Hall–Kier alpha value is -0.830. The Bertz CT molecular complexity index is 447. The van der Waals surface area contributed by atoms with Crippen LogP contribution in [-0.4, -0.2) is 23.6 Å². The van der Waals surface area contributed by atoms with Crippen molar-refractivity contribution in [3.63, 3.8) is 0 Å². The normalized spacial score (nSPS) is 15.9. The standard InChI is InChI=1S/C14H22ClN3/c1-9-11(15)16-13(14(2,3)4)17-12(9)18(5)8-10-6-7-10/h10H,6-8H2,1-5H3. The van der Waals surface area contributed by atoms with E-state index in [1.807, 2.05) is 6.92 Å². The monoisotopic (exact) mass is 267 g/mol. The lowest BCUT2D eigenvalue weighted by atomic mass is 9.95. The topological polar surface area (TPSA) is 29.0 Å². The Morgan fingerprint density at radius 2 is 1.89 bits per heavy atom. The molecule has 2 rings (SSSR count). The molecule has 0 N–H and O–H groups in total. The average molecular weight is 268 g/mol. The van der Waals surface area contributed by atoms with E-state index in [4.69, 9.17) is 16.6 Å². The summed E-state index contributed by atoms with van der Waals surface area (Å²) in [4.78, 5) is 11.3. The molecule has 1 aliphatic rings. The SMILES string of the molecule is Cc1c(Cl)nc(C(C)(C)C)nc1N(C)CC1CC1. The molecule has 1 aliphatic carbocycles. The summed E-state index contributed by atoms with van der Waals surface area (Å²) in [5, 5.41) is 0.576. The maximum absolute atomic E-state index is 6.24.